The van der Waals surface area contributed by atoms with Crippen molar-refractivity contribution in [2.45, 2.75) is 38.8 Å². The van der Waals surface area contributed by atoms with Crippen molar-refractivity contribution in [2.75, 3.05) is 31.1 Å². The number of piperazine rings is 1. The Kier molecular flexibility index (Phi) is 7.31. The number of carbonyl (C=O) groups excluding carboxylic acids is 1. The molecule has 5 rings (SSSR count). The number of amides is 1. The first-order chi connectivity index (χ1) is 18.3. The van der Waals surface area contributed by atoms with Crippen molar-refractivity contribution >= 4 is 22.8 Å². The van der Waals surface area contributed by atoms with Gasteiger partial charge >= 0.3 is 6.18 Å². The van der Waals surface area contributed by atoms with Crippen LogP contribution < -0.4 is 4.90 Å². The standard InChI is InChI=1S/C28H28F3N5O2/c1-2-7-22-32-26(36-16-14-35(15-17-36)23(37)13-12-19-8-4-3-5-9-19)24-25(34-38-27(24)33-22)20-10-6-11-21(18-20)28(29,30)31/h3-6,8-11,18H,2,7,12-17H2,1H3. The van der Waals surface area contributed by atoms with E-state index in [1.165, 1.54) is 6.07 Å². The summed E-state index contributed by atoms with van der Waals surface area (Å²) in [4.78, 5) is 26.0. The maximum absolute atomic E-state index is 13.4. The monoisotopic (exact) mass is 523 g/mol. The van der Waals surface area contributed by atoms with Crippen molar-refractivity contribution in [3.05, 3.63) is 71.5 Å². The SMILES string of the molecule is CCCc1nc(N2CCN(C(=O)CCc3ccccc3)CC2)c2c(-c3cccc(C(F)(F)F)c3)noc2n1. The molecule has 38 heavy (non-hydrogen) atoms. The second kappa shape index (κ2) is 10.8. The van der Waals surface area contributed by atoms with E-state index in [-0.39, 0.29) is 22.9 Å². The lowest BCUT2D eigenvalue weighted by Crippen LogP contribution is -2.49. The minimum Gasteiger partial charge on any atom is -0.352 e. The third kappa shape index (κ3) is 5.49. The Labute approximate surface area is 218 Å². The second-order valence-corrected chi connectivity index (χ2v) is 9.36. The number of fused-ring (bicyclic) bond motifs is 1. The van der Waals surface area contributed by atoms with Crippen LogP contribution in [0.25, 0.3) is 22.4 Å². The lowest BCUT2D eigenvalue weighted by molar-refractivity contribution is -0.137. The van der Waals surface area contributed by atoms with Gasteiger partial charge < -0.3 is 14.3 Å². The van der Waals surface area contributed by atoms with E-state index in [1.54, 1.807) is 6.07 Å². The van der Waals surface area contributed by atoms with Gasteiger partial charge in [0.05, 0.1) is 5.56 Å². The van der Waals surface area contributed by atoms with Gasteiger partial charge in [0.15, 0.2) is 0 Å². The van der Waals surface area contributed by atoms with Crippen LogP contribution in [0.3, 0.4) is 0 Å². The molecule has 0 unspecified atom stereocenters. The molecule has 1 fully saturated rings. The minimum atomic E-state index is -4.48. The molecule has 1 amide bonds. The molecule has 7 nitrogen and oxygen atoms in total. The number of hydrogen-bond donors (Lipinski definition) is 0. The molecule has 0 spiro atoms. The molecular weight excluding hydrogens is 495 g/mol. The average molecular weight is 524 g/mol. The van der Waals surface area contributed by atoms with Gasteiger partial charge in [-0.1, -0.05) is 54.5 Å². The molecule has 0 radical (unpaired) electrons. The van der Waals surface area contributed by atoms with Gasteiger partial charge in [-0.25, -0.2) is 4.98 Å². The van der Waals surface area contributed by atoms with Gasteiger partial charge in [0.25, 0.3) is 5.71 Å². The Bertz CT molecular complexity index is 1410. The summed E-state index contributed by atoms with van der Waals surface area (Å²) >= 11 is 0. The lowest BCUT2D eigenvalue weighted by atomic mass is 10.1. The van der Waals surface area contributed by atoms with Crippen molar-refractivity contribution in [3.8, 4) is 11.3 Å². The molecule has 0 N–H and O–H groups in total. The van der Waals surface area contributed by atoms with E-state index >= 15 is 0 Å². The van der Waals surface area contributed by atoms with E-state index in [1.807, 2.05) is 47.1 Å². The summed E-state index contributed by atoms with van der Waals surface area (Å²) in [7, 11) is 0. The van der Waals surface area contributed by atoms with E-state index in [0.717, 1.165) is 24.1 Å². The normalized spacial score (nSPS) is 14.3. The third-order valence-electron chi connectivity index (χ3n) is 6.70. The maximum Gasteiger partial charge on any atom is 0.416 e. The molecule has 198 valence electrons. The van der Waals surface area contributed by atoms with Gasteiger partial charge in [-0.3, -0.25) is 4.79 Å². The van der Waals surface area contributed by atoms with Crippen molar-refractivity contribution in [2.24, 2.45) is 0 Å². The quantitative estimate of drug-likeness (QED) is 0.317. The Hall–Kier alpha value is -3.95. The molecule has 0 bridgehead atoms. The molecule has 10 heteroatoms. The summed E-state index contributed by atoms with van der Waals surface area (Å²) in [5, 5.41) is 4.59. The summed E-state index contributed by atoms with van der Waals surface area (Å²) in [6, 6.07) is 14.9. The largest absolute Gasteiger partial charge is 0.416 e. The zero-order valence-corrected chi connectivity index (χ0v) is 21.0. The number of nitrogens with zero attached hydrogens (tertiary/aromatic N) is 5. The highest BCUT2D eigenvalue weighted by atomic mass is 19.4. The Morgan fingerprint density at radius 1 is 0.974 bits per heavy atom. The van der Waals surface area contributed by atoms with E-state index in [9.17, 15) is 18.0 Å². The number of alkyl halides is 3. The van der Waals surface area contributed by atoms with Crippen molar-refractivity contribution in [1.82, 2.24) is 20.0 Å². The fourth-order valence-electron chi connectivity index (χ4n) is 4.71. The van der Waals surface area contributed by atoms with Gasteiger partial charge in [-0.2, -0.15) is 18.2 Å². The first-order valence-electron chi connectivity index (χ1n) is 12.7. The molecule has 0 atom stereocenters. The predicted octanol–water partition coefficient (Wildman–Crippen LogP) is 5.54. The maximum atomic E-state index is 13.4. The van der Waals surface area contributed by atoms with Crippen LogP contribution >= 0.6 is 0 Å². The fraction of sp³-hybridized carbons (Fsp3) is 0.357. The zero-order valence-electron chi connectivity index (χ0n) is 21.0. The van der Waals surface area contributed by atoms with Crippen LogP contribution in [0.5, 0.6) is 0 Å². The molecule has 0 saturated carbocycles. The van der Waals surface area contributed by atoms with Crippen LogP contribution in [-0.2, 0) is 23.8 Å². The van der Waals surface area contributed by atoms with Gasteiger partial charge in [-0.05, 0) is 30.5 Å². The fourth-order valence-corrected chi connectivity index (χ4v) is 4.71. The molecular formula is C28H28F3N5O2. The predicted molar refractivity (Wildman–Crippen MR) is 138 cm³/mol. The van der Waals surface area contributed by atoms with Gasteiger partial charge in [0, 0.05) is 44.6 Å². The highest BCUT2D eigenvalue weighted by Gasteiger charge is 2.32. The van der Waals surface area contributed by atoms with Crippen molar-refractivity contribution in [3.63, 3.8) is 0 Å². The molecule has 4 aromatic rings. The number of rotatable bonds is 7. The van der Waals surface area contributed by atoms with E-state index in [2.05, 4.69) is 10.1 Å². The summed E-state index contributed by atoms with van der Waals surface area (Å²) in [5.41, 5.74) is 1.15. The van der Waals surface area contributed by atoms with Crippen LogP contribution in [0.15, 0.2) is 59.1 Å². The Balaban J connectivity index is 1.40. The number of benzene rings is 2. The van der Waals surface area contributed by atoms with Crippen molar-refractivity contribution in [1.29, 1.82) is 0 Å². The number of anilines is 1. The number of hydrogen-bond acceptors (Lipinski definition) is 6. The van der Waals surface area contributed by atoms with Crippen LogP contribution in [0.4, 0.5) is 19.0 Å². The molecule has 0 aliphatic carbocycles. The van der Waals surface area contributed by atoms with Gasteiger partial charge in [-0.15, -0.1) is 0 Å². The van der Waals surface area contributed by atoms with E-state index in [4.69, 9.17) is 9.51 Å². The number of halogens is 3. The average Bonchev–Trinajstić information content (AvgIpc) is 3.36. The molecule has 1 saturated heterocycles. The van der Waals surface area contributed by atoms with Crippen LogP contribution in [0, 0.1) is 0 Å². The molecule has 1 aliphatic rings. The second-order valence-electron chi connectivity index (χ2n) is 9.36. The molecule has 1 aliphatic heterocycles. The smallest absolute Gasteiger partial charge is 0.352 e. The lowest BCUT2D eigenvalue weighted by Gasteiger charge is -2.35. The van der Waals surface area contributed by atoms with Crippen LogP contribution in [0.1, 0.15) is 36.7 Å². The molecule has 2 aromatic carbocycles. The van der Waals surface area contributed by atoms with Crippen LogP contribution in [-0.4, -0.2) is 52.1 Å². The minimum absolute atomic E-state index is 0.0997. The summed E-state index contributed by atoms with van der Waals surface area (Å²) in [6.45, 7) is 4.12. The molecule has 3 heterocycles. The first-order valence-corrected chi connectivity index (χ1v) is 12.7. The zero-order chi connectivity index (χ0) is 26.7. The summed E-state index contributed by atoms with van der Waals surface area (Å²) in [6.07, 6.45) is -1.90. The van der Waals surface area contributed by atoms with Gasteiger partial charge in [0.2, 0.25) is 5.91 Å². The number of aryl methyl sites for hydroxylation is 2. The number of aromatic nitrogens is 3. The Morgan fingerprint density at radius 3 is 2.45 bits per heavy atom. The first kappa shape index (κ1) is 25.7. The van der Waals surface area contributed by atoms with E-state index in [0.29, 0.717) is 62.5 Å². The summed E-state index contributed by atoms with van der Waals surface area (Å²) in [5.74, 6) is 1.26. The van der Waals surface area contributed by atoms with Crippen molar-refractivity contribution < 1.29 is 22.5 Å². The highest BCUT2D eigenvalue weighted by Crippen LogP contribution is 2.37. The summed E-state index contributed by atoms with van der Waals surface area (Å²) < 4.78 is 45.6. The number of carbonyl (C=O) groups is 1. The topological polar surface area (TPSA) is 75.4 Å². The highest BCUT2D eigenvalue weighted by molar-refractivity contribution is 5.98. The van der Waals surface area contributed by atoms with Crippen LogP contribution in [0.2, 0.25) is 0 Å². The Morgan fingerprint density at radius 2 is 1.74 bits per heavy atom. The van der Waals surface area contributed by atoms with E-state index < -0.39 is 11.7 Å². The molecule has 2 aromatic heterocycles. The third-order valence-corrected chi connectivity index (χ3v) is 6.70. The van der Waals surface area contributed by atoms with Gasteiger partial charge in [0.1, 0.15) is 22.7 Å².